The molecule has 300 valence electrons. The number of para-hydroxylation sites is 2. The molecule has 3 nitrogen and oxygen atoms in total. The molecule has 0 atom stereocenters. The number of hydrogen-bond donors (Lipinski definition) is 0. The van der Waals surface area contributed by atoms with Crippen LogP contribution < -0.4 is 21.3 Å². The molecule has 2 aliphatic rings. The van der Waals surface area contributed by atoms with Crippen molar-refractivity contribution in [3.8, 4) is 39.1 Å². The number of benzene rings is 10. The summed E-state index contributed by atoms with van der Waals surface area (Å²) in [5.74, 6) is 0. The summed E-state index contributed by atoms with van der Waals surface area (Å²) in [6, 6.07) is 78.5. The van der Waals surface area contributed by atoms with Crippen LogP contribution in [0.25, 0.3) is 103 Å². The second-order valence-corrected chi connectivity index (χ2v) is 18.6. The molecule has 65 heavy (non-hydrogen) atoms. The Bertz CT molecular complexity index is 4130. The van der Waals surface area contributed by atoms with E-state index >= 15 is 0 Å². The Hall–Kier alpha value is -8.12. The van der Waals surface area contributed by atoms with E-state index in [4.69, 9.17) is 4.42 Å². The van der Waals surface area contributed by atoms with Crippen molar-refractivity contribution in [2.45, 2.75) is 0 Å². The van der Waals surface area contributed by atoms with Crippen molar-refractivity contribution in [2.24, 2.45) is 0 Å². The summed E-state index contributed by atoms with van der Waals surface area (Å²) in [7, 11) is 0. The molecule has 0 spiro atoms. The smallest absolute Gasteiger partial charge is 0.257 e. The zero-order valence-electron chi connectivity index (χ0n) is 35.0. The van der Waals surface area contributed by atoms with Crippen LogP contribution in [0, 0.1) is 0 Å². The number of thiophene rings is 1. The van der Waals surface area contributed by atoms with E-state index in [0.29, 0.717) is 0 Å². The highest BCUT2D eigenvalue weighted by Crippen LogP contribution is 2.49. The van der Waals surface area contributed by atoms with Gasteiger partial charge in [0, 0.05) is 64.3 Å². The van der Waals surface area contributed by atoms with Gasteiger partial charge in [0.2, 0.25) is 0 Å². The van der Waals surface area contributed by atoms with Gasteiger partial charge in [0.1, 0.15) is 11.2 Å². The summed E-state index contributed by atoms with van der Waals surface area (Å²) in [6.45, 7) is -0.133. The molecule has 13 aromatic rings. The van der Waals surface area contributed by atoms with Crippen molar-refractivity contribution in [3.63, 3.8) is 0 Å². The normalized spacial score (nSPS) is 12.9. The highest BCUT2D eigenvalue weighted by Gasteiger charge is 2.45. The van der Waals surface area contributed by atoms with Crippen LogP contribution in [0.1, 0.15) is 0 Å². The van der Waals surface area contributed by atoms with Gasteiger partial charge in [-0.2, -0.15) is 0 Å². The first-order valence-electron chi connectivity index (χ1n) is 22.4. The van der Waals surface area contributed by atoms with E-state index < -0.39 is 0 Å². The molecule has 0 unspecified atom stereocenters. The van der Waals surface area contributed by atoms with Crippen LogP contribution in [0.3, 0.4) is 0 Å². The summed E-state index contributed by atoms with van der Waals surface area (Å²) < 4.78 is 12.3. The van der Waals surface area contributed by atoms with E-state index in [2.05, 4.69) is 222 Å². The van der Waals surface area contributed by atoms with Crippen molar-refractivity contribution < 1.29 is 4.42 Å². The van der Waals surface area contributed by atoms with Gasteiger partial charge in [0.15, 0.2) is 0 Å². The first kappa shape index (κ1) is 35.4. The van der Waals surface area contributed by atoms with E-state index in [9.17, 15) is 0 Å². The number of anilines is 3. The number of fused-ring (bicyclic) bond motifs is 14. The van der Waals surface area contributed by atoms with Gasteiger partial charge in [-0.3, -0.25) is 0 Å². The molecule has 0 saturated carbocycles. The van der Waals surface area contributed by atoms with Crippen LogP contribution in [0.4, 0.5) is 17.1 Å². The molecule has 15 rings (SSSR count). The van der Waals surface area contributed by atoms with Crippen LogP contribution in [-0.4, -0.2) is 11.3 Å². The maximum absolute atomic E-state index is 7.15. The Balaban J connectivity index is 1.17. The zero-order chi connectivity index (χ0) is 42.3. The standard InChI is InChI=1S/C60H35BN2OS/c1-4-16-36(17-5-1)39-28-29-41(38-20-8-3-9-21-38)50(30-39)62-51-34-45-44-24-12-15-27-55(44)65-56(45)35-48(51)61-57-52(62)31-40(37-18-6-2-7-19-37)32-53(57)63-49-25-13-10-22-42(49)46-33-47-43-23-11-14-26-54(43)64-60(47)58(61)59(46)63/h1-35H. The number of rotatable bonds is 4. The molecule has 0 saturated heterocycles. The first-order chi connectivity index (χ1) is 32.2. The van der Waals surface area contributed by atoms with Crippen molar-refractivity contribution >= 4 is 115 Å². The van der Waals surface area contributed by atoms with E-state index in [1.807, 2.05) is 11.3 Å². The lowest BCUT2D eigenvalue weighted by Crippen LogP contribution is -2.60. The van der Waals surface area contributed by atoms with Gasteiger partial charge in [-0.15, -0.1) is 11.3 Å². The van der Waals surface area contributed by atoms with Crippen LogP contribution in [-0.2, 0) is 0 Å². The lowest BCUT2D eigenvalue weighted by molar-refractivity contribution is 0.671. The predicted octanol–water partition coefficient (Wildman–Crippen LogP) is 14.7. The average molecular weight is 843 g/mol. The van der Waals surface area contributed by atoms with Crippen LogP contribution in [0.5, 0.6) is 0 Å². The third-order valence-corrected chi connectivity index (χ3v) is 15.3. The van der Waals surface area contributed by atoms with E-state index in [-0.39, 0.29) is 6.71 Å². The minimum atomic E-state index is -0.133. The van der Waals surface area contributed by atoms with Crippen molar-refractivity contribution in [1.82, 2.24) is 4.57 Å². The molecule has 0 aliphatic carbocycles. The monoisotopic (exact) mass is 842 g/mol. The summed E-state index contributed by atoms with van der Waals surface area (Å²) in [6.07, 6.45) is 0. The number of hydrogen-bond acceptors (Lipinski definition) is 3. The van der Waals surface area contributed by atoms with Crippen molar-refractivity contribution in [3.05, 3.63) is 212 Å². The van der Waals surface area contributed by atoms with E-state index in [1.54, 1.807) is 0 Å². The third-order valence-electron chi connectivity index (χ3n) is 14.1. The molecule has 0 fully saturated rings. The summed E-state index contributed by atoms with van der Waals surface area (Å²) in [4.78, 5) is 2.62. The lowest BCUT2D eigenvalue weighted by Gasteiger charge is -2.41. The maximum atomic E-state index is 7.15. The van der Waals surface area contributed by atoms with Gasteiger partial charge in [-0.25, -0.2) is 0 Å². The third kappa shape index (κ3) is 4.90. The molecule has 0 N–H and O–H groups in total. The fourth-order valence-corrected chi connectivity index (χ4v) is 12.5. The van der Waals surface area contributed by atoms with Gasteiger partial charge < -0.3 is 13.9 Å². The quantitative estimate of drug-likeness (QED) is 0.165. The molecule has 0 radical (unpaired) electrons. The molecule has 5 heteroatoms. The molecule has 3 aromatic heterocycles. The minimum Gasteiger partial charge on any atom is -0.457 e. The Morgan fingerprint density at radius 3 is 1.83 bits per heavy atom. The SMILES string of the molecule is c1ccc(-c2ccc(-c3ccccc3)c(N3c4cc5c(cc4B4c6c3cc(-c3ccccc3)cc6-n3c6ccccc6c6cc7c(oc8ccccc87)c4c63)sc3ccccc35)c2)cc1. The fourth-order valence-electron chi connectivity index (χ4n) is 11.4. The van der Waals surface area contributed by atoms with Gasteiger partial charge in [-0.1, -0.05) is 158 Å². The molecule has 5 heterocycles. The van der Waals surface area contributed by atoms with E-state index in [0.717, 1.165) is 27.6 Å². The fraction of sp³-hybridized carbons (Fsp3) is 0. The second kappa shape index (κ2) is 13.2. The van der Waals surface area contributed by atoms with Gasteiger partial charge in [-0.05, 0) is 98.8 Å². The Kier molecular flexibility index (Phi) is 7.19. The number of nitrogens with zero attached hydrogens (tertiary/aromatic N) is 2. The van der Waals surface area contributed by atoms with Crippen LogP contribution >= 0.6 is 11.3 Å². The van der Waals surface area contributed by atoms with Crippen LogP contribution in [0.2, 0.25) is 0 Å². The largest absolute Gasteiger partial charge is 0.457 e. The Morgan fingerprint density at radius 1 is 0.385 bits per heavy atom. The molecular weight excluding hydrogens is 808 g/mol. The van der Waals surface area contributed by atoms with Gasteiger partial charge >= 0.3 is 0 Å². The molecule has 0 bridgehead atoms. The highest BCUT2D eigenvalue weighted by atomic mass is 32.1. The second-order valence-electron chi connectivity index (χ2n) is 17.5. The predicted molar refractivity (Wildman–Crippen MR) is 277 cm³/mol. The number of aromatic nitrogens is 1. The number of furan rings is 1. The summed E-state index contributed by atoms with van der Waals surface area (Å²) in [5, 5.41) is 7.35. The Labute approximate surface area is 378 Å². The molecular formula is C60H35BN2OS. The minimum absolute atomic E-state index is 0.133. The first-order valence-corrected chi connectivity index (χ1v) is 23.2. The Morgan fingerprint density at radius 2 is 1.03 bits per heavy atom. The average Bonchev–Trinajstić information content (AvgIpc) is 4.04. The lowest BCUT2D eigenvalue weighted by atomic mass is 9.33. The summed E-state index contributed by atoms with van der Waals surface area (Å²) >= 11 is 1.89. The van der Waals surface area contributed by atoms with Crippen LogP contribution in [0.15, 0.2) is 217 Å². The molecule has 2 aliphatic heterocycles. The van der Waals surface area contributed by atoms with E-state index in [1.165, 1.54) is 109 Å². The summed E-state index contributed by atoms with van der Waals surface area (Å²) in [5.41, 5.74) is 19.8. The maximum Gasteiger partial charge on any atom is 0.257 e. The van der Waals surface area contributed by atoms with Crippen molar-refractivity contribution in [1.29, 1.82) is 0 Å². The van der Waals surface area contributed by atoms with Gasteiger partial charge in [0.05, 0.1) is 16.7 Å². The van der Waals surface area contributed by atoms with Crippen molar-refractivity contribution in [2.75, 3.05) is 4.90 Å². The zero-order valence-corrected chi connectivity index (χ0v) is 35.8. The molecule has 0 amide bonds. The molecule has 10 aromatic carbocycles. The van der Waals surface area contributed by atoms with Gasteiger partial charge in [0.25, 0.3) is 6.71 Å². The topological polar surface area (TPSA) is 21.3 Å². The highest BCUT2D eigenvalue weighted by molar-refractivity contribution is 7.26.